The summed E-state index contributed by atoms with van der Waals surface area (Å²) in [6, 6.07) is 12.2. The number of carbonyl (C=O) groups excluding carboxylic acids is 1. The van der Waals surface area contributed by atoms with E-state index in [4.69, 9.17) is 11.6 Å². The van der Waals surface area contributed by atoms with Crippen molar-refractivity contribution in [1.82, 2.24) is 9.97 Å². The molecule has 3 rings (SSSR count). The molecule has 0 aliphatic heterocycles. The lowest BCUT2D eigenvalue weighted by Crippen LogP contribution is -2.13. The zero-order valence-corrected chi connectivity index (χ0v) is 14.3. The summed E-state index contributed by atoms with van der Waals surface area (Å²) < 4.78 is 38.7. The Kier molecular flexibility index (Phi) is 5.27. The molecule has 27 heavy (non-hydrogen) atoms. The Bertz CT molecular complexity index is 947. The van der Waals surface area contributed by atoms with Gasteiger partial charge in [-0.15, -0.1) is 0 Å². The first kappa shape index (κ1) is 18.7. The van der Waals surface area contributed by atoms with Crippen molar-refractivity contribution in [3.8, 4) is 0 Å². The Morgan fingerprint density at radius 1 is 0.963 bits per heavy atom. The molecule has 2 N–H and O–H groups in total. The Labute approximate surface area is 157 Å². The fraction of sp³-hybridized carbons (Fsp3) is 0.0556. The van der Waals surface area contributed by atoms with Crippen LogP contribution in [0.4, 0.5) is 30.5 Å². The standard InChI is InChI=1S/C18H12ClF3N4O/c19-15-7-6-13(8-14(15)18(20,21)22)26-17-23-9-11(10-24-17)16(27)25-12-4-2-1-3-5-12/h1-10H,(H,25,27)(H,23,24,26). The van der Waals surface area contributed by atoms with Gasteiger partial charge in [-0.3, -0.25) is 4.79 Å². The smallest absolute Gasteiger partial charge is 0.324 e. The Hall–Kier alpha value is -3.13. The van der Waals surface area contributed by atoms with Crippen LogP contribution >= 0.6 is 11.6 Å². The summed E-state index contributed by atoms with van der Waals surface area (Å²) >= 11 is 5.58. The third kappa shape index (κ3) is 4.73. The molecule has 138 valence electrons. The van der Waals surface area contributed by atoms with E-state index in [-0.39, 0.29) is 17.2 Å². The molecule has 1 amide bonds. The second-order valence-electron chi connectivity index (χ2n) is 5.43. The van der Waals surface area contributed by atoms with Crippen molar-refractivity contribution < 1.29 is 18.0 Å². The molecule has 9 heteroatoms. The van der Waals surface area contributed by atoms with Crippen LogP contribution in [0.15, 0.2) is 60.9 Å². The Morgan fingerprint density at radius 2 is 1.63 bits per heavy atom. The van der Waals surface area contributed by atoms with Crippen LogP contribution in [-0.2, 0) is 6.18 Å². The number of nitrogens with one attached hydrogen (secondary N) is 2. The summed E-state index contributed by atoms with van der Waals surface area (Å²) in [5.41, 5.74) is -0.0247. The number of para-hydroxylation sites is 1. The fourth-order valence-corrected chi connectivity index (χ4v) is 2.41. The molecule has 0 saturated heterocycles. The molecule has 0 bridgehead atoms. The minimum Gasteiger partial charge on any atom is -0.324 e. The van der Waals surface area contributed by atoms with Gasteiger partial charge in [0.15, 0.2) is 0 Å². The van der Waals surface area contributed by atoms with Crippen molar-refractivity contribution in [2.24, 2.45) is 0 Å². The van der Waals surface area contributed by atoms with Gasteiger partial charge in [0.05, 0.1) is 16.1 Å². The molecule has 0 aliphatic rings. The van der Waals surface area contributed by atoms with Crippen LogP contribution in [0, 0.1) is 0 Å². The molecule has 0 atom stereocenters. The van der Waals surface area contributed by atoms with E-state index in [1.807, 2.05) is 6.07 Å². The second kappa shape index (κ2) is 7.63. The Morgan fingerprint density at radius 3 is 2.26 bits per heavy atom. The van der Waals surface area contributed by atoms with Crippen molar-refractivity contribution in [3.63, 3.8) is 0 Å². The SMILES string of the molecule is O=C(Nc1ccccc1)c1cnc(Nc2ccc(Cl)c(C(F)(F)F)c2)nc1. The van der Waals surface area contributed by atoms with E-state index in [9.17, 15) is 18.0 Å². The number of amides is 1. The number of carbonyl (C=O) groups is 1. The number of anilines is 3. The molecule has 1 aromatic heterocycles. The lowest BCUT2D eigenvalue weighted by atomic mass is 10.2. The summed E-state index contributed by atoms with van der Waals surface area (Å²) in [7, 11) is 0. The first-order valence-electron chi connectivity index (χ1n) is 7.65. The lowest BCUT2D eigenvalue weighted by Gasteiger charge is -2.11. The van der Waals surface area contributed by atoms with Crippen molar-refractivity contribution >= 4 is 34.8 Å². The zero-order chi connectivity index (χ0) is 19.4. The van der Waals surface area contributed by atoms with E-state index in [1.165, 1.54) is 18.5 Å². The number of nitrogens with zero attached hydrogens (tertiary/aromatic N) is 2. The maximum absolute atomic E-state index is 12.9. The minimum atomic E-state index is -4.57. The highest BCUT2D eigenvalue weighted by Crippen LogP contribution is 2.36. The van der Waals surface area contributed by atoms with Crippen LogP contribution in [0.3, 0.4) is 0 Å². The van der Waals surface area contributed by atoms with Crippen LogP contribution < -0.4 is 10.6 Å². The maximum atomic E-state index is 12.9. The van der Waals surface area contributed by atoms with E-state index in [2.05, 4.69) is 20.6 Å². The number of halogens is 4. The number of benzene rings is 2. The molecule has 3 aromatic rings. The predicted octanol–water partition coefficient (Wildman–Crippen LogP) is 5.14. The highest BCUT2D eigenvalue weighted by atomic mass is 35.5. The predicted molar refractivity (Wildman–Crippen MR) is 96.2 cm³/mol. The van der Waals surface area contributed by atoms with Gasteiger partial charge in [0.2, 0.25) is 5.95 Å². The molecule has 0 saturated carbocycles. The number of hydrogen-bond acceptors (Lipinski definition) is 4. The van der Waals surface area contributed by atoms with Crippen molar-refractivity contribution in [3.05, 3.63) is 77.1 Å². The zero-order valence-electron chi connectivity index (χ0n) is 13.6. The van der Waals surface area contributed by atoms with E-state index in [0.29, 0.717) is 5.69 Å². The fourth-order valence-electron chi connectivity index (χ4n) is 2.18. The quantitative estimate of drug-likeness (QED) is 0.644. The van der Waals surface area contributed by atoms with Gasteiger partial charge in [-0.1, -0.05) is 29.8 Å². The third-order valence-corrected chi connectivity index (χ3v) is 3.80. The highest BCUT2D eigenvalue weighted by molar-refractivity contribution is 6.31. The monoisotopic (exact) mass is 392 g/mol. The van der Waals surface area contributed by atoms with Gasteiger partial charge in [0, 0.05) is 23.8 Å². The minimum absolute atomic E-state index is 0.0432. The summed E-state index contributed by atoms with van der Waals surface area (Å²) in [4.78, 5) is 20.0. The lowest BCUT2D eigenvalue weighted by molar-refractivity contribution is -0.137. The highest BCUT2D eigenvalue weighted by Gasteiger charge is 2.33. The second-order valence-corrected chi connectivity index (χ2v) is 5.84. The van der Waals surface area contributed by atoms with Crippen LogP contribution in [0.2, 0.25) is 5.02 Å². The third-order valence-electron chi connectivity index (χ3n) is 3.47. The average molecular weight is 393 g/mol. The van der Waals surface area contributed by atoms with Crippen molar-refractivity contribution in [2.45, 2.75) is 6.18 Å². The molecule has 0 radical (unpaired) electrons. The Balaban J connectivity index is 1.72. The summed E-state index contributed by atoms with van der Waals surface area (Å²) in [6.07, 6.45) is -2.03. The molecule has 5 nitrogen and oxygen atoms in total. The molecule has 0 spiro atoms. The van der Waals surface area contributed by atoms with Gasteiger partial charge in [0.1, 0.15) is 0 Å². The summed E-state index contributed by atoms with van der Waals surface area (Å²) in [5.74, 6) is -0.361. The van der Waals surface area contributed by atoms with Gasteiger partial charge < -0.3 is 10.6 Å². The van der Waals surface area contributed by atoms with E-state index < -0.39 is 22.7 Å². The van der Waals surface area contributed by atoms with Crippen LogP contribution in [0.1, 0.15) is 15.9 Å². The summed E-state index contributed by atoms with van der Waals surface area (Å²) in [6.45, 7) is 0. The number of rotatable bonds is 4. The molecular formula is C18H12ClF3N4O. The van der Waals surface area contributed by atoms with Gasteiger partial charge in [-0.05, 0) is 30.3 Å². The number of hydrogen-bond donors (Lipinski definition) is 2. The first-order chi connectivity index (χ1) is 12.8. The van der Waals surface area contributed by atoms with Crippen LogP contribution in [0.25, 0.3) is 0 Å². The maximum Gasteiger partial charge on any atom is 0.417 e. The molecule has 0 unspecified atom stereocenters. The largest absolute Gasteiger partial charge is 0.417 e. The topological polar surface area (TPSA) is 66.9 Å². The molecule has 2 aromatic carbocycles. The van der Waals surface area contributed by atoms with Crippen LogP contribution in [-0.4, -0.2) is 15.9 Å². The van der Waals surface area contributed by atoms with E-state index >= 15 is 0 Å². The van der Waals surface area contributed by atoms with Crippen LogP contribution in [0.5, 0.6) is 0 Å². The van der Waals surface area contributed by atoms with Gasteiger partial charge in [0.25, 0.3) is 5.91 Å². The normalized spacial score (nSPS) is 11.1. The van der Waals surface area contributed by atoms with Gasteiger partial charge in [-0.25, -0.2) is 9.97 Å². The molecule has 1 heterocycles. The van der Waals surface area contributed by atoms with E-state index in [0.717, 1.165) is 12.1 Å². The summed E-state index contributed by atoms with van der Waals surface area (Å²) in [5, 5.41) is 4.92. The van der Waals surface area contributed by atoms with E-state index in [1.54, 1.807) is 24.3 Å². The van der Waals surface area contributed by atoms with Gasteiger partial charge >= 0.3 is 6.18 Å². The number of alkyl halides is 3. The average Bonchev–Trinajstić information content (AvgIpc) is 2.64. The molecule has 0 fully saturated rings. The first-order valence-corrected chi connectivity index (χ1v) is 8.03. The van der Waals surface area contributed by atoms with Crippen molar-refractivity contribution in [1.29, 1.82) is 0 Å². The molecule has 0 aliphatic carbocycles. The molecular weight excluding hydrogens is 381 g/mol. The van der Waals surface area contributed by atoms with Gasteiger partial charge in [-0.2, -0.15) is 13.2 Å². The van der Waals surface area contributed by atoms with Crippen molar-refractivity contribution in [2.75, 3.05) is 10.6 Å². The number of aromatic nitrogens is 2.